The van der Waals surface area contributed by atoms with Gasteiger partial charge in [0.05, 0.1) is 11.4 Å². The van der Waals surface area contributed by atoms with Crippen molar-refractivity contribution in [2.45, 2.75) is 64.8 Å². The zero-order chi connectivity index (χ0) is 25.8. The van der Waals surface area contributed by atoms with Crippen molar-refractivity contribution < 1.29 is 9.59 Å². The van der Waals surface area contributed by atoms with Crippen molar-refractivity contribution in [1.29, 1.82) is 0 Å². The fraction of sp³-hybridized carbons (Fsp3) is 0.500. The summed E-state index contributed by atoms with van der Waals surface area (Å²) < 4.78 is 0. The van der Waals surface area contributed by atoms with Gasteiger partial charge in [-0.2, -0.15) is 0 Å². The molecule has 1 aliphatic heterocycles. The monoisotopic (exact) mass is 497 g/mol. The van der Waals surface area contributed by atoms with Crippen molar-refractivity contribution in [2.24, 2.45) is 28.6 Å². The average Bonchev–Trinajstić information content (AvgIpc) is 3.32. The zero-order valence-corrected chi connectivity index (χ0v) is 22.3. The number of rotatable bonds is 4. The summed E-state index contributed by atoms with van der Waals surface area (Å²) in [4.78, 5) is 29.3. The molecule has 3 saturated carbocycles. The Morgan fingerprint density at radius 1 is 0.892 bits per heavy atom. The maximum atomic E-state index is 13.9. The van der Waals surface area contributed by atoms with Crippen LogP contribution in [0.5, 0.6) is 0 Å². The maximum Gasteiger partial charge on any atom is 0.275 e. The van der Waals surface area contributed by atoms with Gasteiger partial charge in [0.2, 0.25) is 0 Å². The van der Waals surface area contributed by atoms with Gasteiger partial charge >= 0.3 is 0 Å². The van der Waals surface area contributed by atoms with Gasteiger partial charge in [-0.15, -0.1) is 0 Å². The number of amides is 2. The summed E-state index contributed by atoms with van der Waals surface area (Å²) in [6, 6.07) is 19.7. The van der Waals surface area contributed by atoms with E-state index in [4.69, 9.17) is 0 Å². The van der Waals surface area contributed by atoms with Crippen molar-refractivity contribution in [3.05, 3.63) is 72.3 Å². The average molecular weight is 498 g/mol. The molecule has 1 unspecified atom stereocenters. The van der Waals surface area contributed by atoms with E-state index in [0.717, 1.165) is 23.7 Å². The number of nitrogens with zero attached hydrogens (tertiary/aromatic N) is 2. The Hall–Kier alpha value is -3.08. The molecule has 6 rings (SSSR count). The minimum Gasteiger partial charge on any atom is -0.338 e. The van der Waals surface area contributed by atoms with Crippen LogP contribution in [0.25, 0.3) is 0 Å². The predicted octanol–water partition coefficient (Wildman–Crippen LogP) is 6.26. The first-order chi connectivity index (χ1) is 17.8. The lowest BCUT2D eigenvalue weighted by Gasteiger charge is -2.60. The van der Waals surface area contributed by atoms with E-state index >= 15 is 0 Å². The van der Waals surface area contributed by atoms with Crippen LogP contribution >= 0.6 is 0 Å². The molecule has 1 N–H and O–H groups in total. The molecule has 0 bridgehead atoms. The van der Waals surface area contributed by atoms with Crippen molar-refractivity contribution in [3.63, 3.8) is 0 Å². The highest BCUT2D eigenvalue weighted by Gasteiger charge is 2.59. The van der Waals surface area contributed by atoms with Gasteiger partial charge in [-0.05, 0) is 86.0 Å². The molecule has 5 nitrogen and oxygen atoms in total. The van der Waals surface area contributed by atoms with E-state index in [1.54, 1.807) is 5.01 Å². The Morgan fingerprint density at radius 2 is 1.54 bits per heavy atom. The second kappa shape index (κ2) is 9.04. The zero-order valence-electron chi connectivity index (χ0n) is 22.3. The summed E-state index contributed by atoms with van der Waals surface area (Å²) in [5.41, 5.74) is 5.33. The van der Waals surface area contributed by atoms with Crippen molar-refractivity contribution >= 4 is 23.2 Å². The molecule has 5 heteroatoms. The minimum atomic E-state index is -0.340. The highest BCUT2D eigenvalue weighted by Crippen LogP contribution is 2.64. The van der Waals surface area contributed by atoms with Gasteiger partial charge in [-0.3, -0.25) is 20.0 Å². The number of likely N-dealkylation sites (N-methyl/N-ethyl adjacent to an activating group) is 1. The summed E-state index contributed by atoms with van der Waals surface area (Å²) >= 11 is 0. The number of fused-ring (bicyclic) bond motifs is 5. The molecule has 0 spiro atoms. The number of para-hydroxylation sites is 2. The fourth-order valence-corrected chi connectivity index (χ4v) is 8.64. The summed E-state index contributed by atoms with van der Waals surface area (Å²) in [6.07, 6.45) is 10.8. The van der Waals surface area contributed by atoms with Crippen LogP contribution in [-0.4, -0.2) is 29.8 Å². The second-order valence-corrected chi connectivity index (χ2v) is 12.3. The summed E-state index contributed by atoms with van der Waals surface area (Å²) in [5.74, 6) is 1.48. The van der Waals surface area contributed by atoms with E-state index in [1.165, 1.54) is 38.5 Å². The van der Waals surface area contributed by atoms with Gasteiger partial charge in [0.25, 0.3) is 11.8 Å². The maximum absolute atomic E-state index is 13.9. The standard InChI is InChI=1S/C32H39N3O2/c1-31-19-10-15-26(31)24-16-17-28-32(2,27(24)18-20-31)21-25(30(37)34(28)3)29(36)33-35(22-11-6-4-7-12-22)23-13-8-5-9-14-23/h4-9,11-14,21,24,26-28H,10,15-20H2,1-3H3,(H,33,36)/t24-,26-,27+,28?,31-,32+/m0/s1. The van der Waals surface area contributed by atoms with Crippen LogP contribution in [0.2, 0.25) is 0 Å². The number of nitrogens with one attached hydrogen (secondary N) is 1. The van der Waals surface area contributed by atoms with E-state index in [9.17, 15) is 9.59 Å². The third-order valence-corrected chi connectivity index (χ3v) is 10.5. The number of anilines is 2. The lowest BCUT2D eigenvalue weighted by molar-refractivity contribution is -0.141. The number of carbonyl (C=O) groups is 2. The van der Waals surface area contributed by atoms with E-state index in [0.29, 0.717) is 17.3 Å². The van der Waals surface area contributed by atoms with E-state index in [-0.39, 0.29) is 28.8 Å². The summed E-state index contributed by atoms with van der Waals surface area (Å²) in [6.45, 7) is 4.84. The fourth-order valence-electron chi connectivity index (χ4n) is 8.64. The van der Waals surface area contributed by atoms with Crippen molar-refractivity contribution in [1.82, 2.24) is 10.3 Å². The molecule has 3 aliphatic carbocycles. The number of hydrazine groups is 1. The highest BCUT2D eigenvalue weighted by atomic mass is 16.2. The SMILES string of the molecule is CN1C(=O)C(C(=O)NN(c2ccccc2)c2ccccc2)=C[C@@]2(C)C1CC[C@@H]1[C@H]2CC[C@]2(C)CCC[C@@H]12. The van der Waals surface area contributed by atoms with Crippen LogP contribution in [0.3, 0.4) is 0 Å². The van der Waals surface area contributed by atoms with E-state index < -0.39 is 0 Å². The van der Waals surface area contributed by atoms with Gasteiger partial charge in [-0.25, -0.2) is 0 Å². The largest absolute Gasteiger partial charge is 0.338 e. The highest BCUT2D eigenvalue weighted by molar-refractivity contribution is 6.19. The Balaban J connectivity index is 1.34. The molecule has 2 aromatic rings. The molecule has 37 heavy (non-hydrogen) atoms. The third-order valence-electron chi connectivity index (χ3n) is 10.5. The van der Waals surface area contributed by atoms with Crippen LogP contribution in [-0.2, 0) is 9.59 Å². The van der Waals surface area contributed by atoms with Crippen LogP contribution in [0.15, 0.2) is 72.3 Å². The van der Waals surface area contributed by atoms with Crippen molar-refractivity contribution in [3.8, 4) is 0 Å². The Kier molecular flexibility index (Phi) is 5.93. The lowest BCUT2D eigenvalue weighted by Crippen LogP contribution is -2.61. The Morgan fingerprint density at radius 3 is 2.19 bits per heavy atom. The quantitative estimate of drug-likeness (QED) is 0.401. The number of carbonyl (C=O) groups excluding carboxylic acids is 2. The van der Waals surface area contributed by atoms with Gasteiger partial charge in [-0.1, -0.05) is 62.7 Å². The molecule has 0 radical (unpaired) electrons. The topological polar surface area (TPSA) is 52.7 Å². The molecule has 3 fully saturated rings. The van der Waals surface area contributed by atoms with Gasteiger partial charge in [0, 0.05) is 18.5 Å². The molecule has 1 heterocycles. The molecule has 2 aromatic carbocycles. The molecule has 2 amide bonds. The molecule has 0 aromatic heterocycles. The normalized spacial score (nSPS) is 34.6. The molecule has 194 valence electrons. The smallest absolute Gasteiger partial charge is 0.275 e. The molecular weight excluding hydrogens is 458 g/mol. The van der Waals surface area contributed by atoms with Crippen LogP contribution in [0, 0.1) is 28.6 Å². The van der Waals surface area contributed by atoms with Crippen LogP contribution < -0.4 is 10.4 Å². The number of hydrogen-bond acceptors (Lipinski definition) is 3. The Labute approximate surface area is 220 Å². The number of hydrogen-bond donors (Lipinski definition) is 1. The molecular formula is C32H39N3O2. The van der Waals surface area contributed by atoms with Crippen LogP contribution in [0.4, 0.5) is 11.4 Å². The molecule has 4 aliphatic rings. The van der Waals surface area contributed by atoms with E-state index in [2.05, 4.69) is 25.3 Å². The van der Waals surface area contributed by atoms with E-state index in [1.807, 2.05) is 72.6 Å². The first kappa shape index (κ1) is 24.3. The predicted molar refractivity (Wildman–Crippen MR) is 147 cm³/mol. The third kappa shape index (κ3) is 3.89. The summed E-state index contributed by atoms with van der Waals surface area (Å²) in [5, 5.41) is 1.78. The molecule has 6 atom stereocenters. The van der Waals surface area contributed by atoms with Gasteiger partial charge in [0.1, 0.15) is 5.57 Å². The first-order valence-electron chi connectivity index (χ1n) is 14.0. The minimum absolute atomic E-state index is 0.155. The van der Waals surface area contributed by atoms with Crippen LogP contribution in [0.1, 0.15) is 58.8 Å². The second-order valence-electron chi connectivity index (χ2n) is 12.3. The van der Waals surface area contributed by atoms with Gasteiger partial charge < -0.3 is 4.90 Å². The summed E-state index contributed by atoms with van der Waals surface area (Å²) in [7, 11) is 1.90. The Bertz CT molecular complexity index is 1170. The lowest BCUT2D eigenvalue weighted by atomic mass is 9.48. The van der Waals surface area contributed by atoms with Gasteiger partial charge in [0.15, 0.2) is 0 Å². The number of benzene rings is 2. The first-order valence-corrected chi connectivity index (χ1v) is 14.0. The molecule has 0 saturated heterocycles. The van der Waals surface area contributed by atoms with Crippen molar-refractivity contribution in [2.75, 3.05) is 12.1 Å².